The van der Waals surface area contributed by atoms with Gasteiger partial charge in [-0.15, -0.1) is 0 Å². The summed E-state index contributed by atoms with van der Waals surface area (Å²) in [5.41, 5.74) is 1.58. The van der Waals surface area contributed by atoms with E-state index < -0.39 is 0 Å². The second-order valence-corrected chi connectivity index (χ2v) is 6.84. The molecule has 0 bridgehead atoms. The number of hydrogen-bond acceptors (Lipinski definition) is 5. The van der Waals surface area contributed by atoms with Crippen molar-refractivity contribution in [3.8, 4) is 11.8 Å². The summed E-state index contributed by atoms with van der Waals surface area (Å²) in [4.78, 5) is 21.6. The first-order valence-corrected chi connectivity index (χ1v) is 8.94. The van der Waals surface area contributed by atoms with Crippen molar-refractivity contribution in [2.45, 2.75) is 12.6 Å². The number of rotatable bonds is 5. The third-order valence-electron chi connectivity index (χ3n) is 4.60. The SMILES string of the molecule is COCCN(C)C(=O)CN1CCC2C(C#Cc3cccc(Cl)c3)=NOC21. The van der Waals surface area contributed by atoms with Crippen molar-refractivity contribution >= 4 is 23.2 Å². The van der Waals surface area contributed by atoms with Crippen molar-refractivity contribution in [2.75, 3.05) is 40.4 Å². The molecule has 0 aliphatic carbocycles. The molecule has 2 atom stereocenters. The minimum absolute atomic E-state index is 0.0461. The molecule has 2 aliphatic rings. The van der Waals surface area contributed by atoms with Crippen LogP contribution >= 0.6 is 11.6 Å². The van der Waals surface area contributed by atoms with Crippen LogP contribution in [0.5, 0.6) is 0 Å². The quantitative estimate of drug-likeness (QED) is 0.737. The number of nitrogens with zero attached hydrogens (tertiary/aromatic N) is 3. The van der Waals surface area contributed by atoms with E-state index in [0.717, 1.165) is 24.2 Å². The fourth-order valence-corrected chi connectivity index (χ4v) is 3.24. The van der Waals surface area contributed by atoms with Crippen LogP contribution in [-0.4, -0.2) is 68.0 Å². The van der Waals surface area contributed by atoms with Gasteiger partial charge in [-0.2, -0.15) is 0 Å². The molecule has 0 N–H and O–H groups in total. The molecule has 1 saturated heterocycles. The van der Waals surface area contributed by atoms with Gasteiger partial charge in [-0.25, -0.2) is 0 Å². The van der Waals surface area contributed by atoms with Gasteiger partial charge in [0.25, 0.3) is 0 Å². The number of methoxy groups -OCH3 is 1. The van der Waals surface area contributed by atoms with Gasteiger partial charge in [-0.3, -0.25) is 9.69 Å². The third kappa shape index (κ3) is 4.36. The van der Waals surface area contributed by atoms with E-state index in [1.165, 1.54) is 0 Å². The molecule has 2 heterocycles. The molecule has 138 valence electrons. The Hall–Kier alpha value is -2.07. The molecule has 2 unspecified atom stereocenters. The molecule has 6 nitrogen and oxygen atoms in total. The molecule has 7 heteroatoms. The largest absolute Gasteiger partial charge is 0.383 e. The molecule has 1 aromatic carbocycles. The highest BCUT2D eigenvalue weighted by atomic mass is 35.5. The normalized spacial score (nSPS) is 21.4. The van der Waals surface area contributed by atoms with E-state index in [1.807, 2.05) is 29.2 Å². The molecule has 0 spiro atoms. The lowest BCUT2D eigenvalue weighted by Gasteiger charge is -2.24. The topological polar surface area (TPSA) is 54.4 Å². The van der Waals surface area contributed by atoms with Gasteiger partial charge in [0.2, 0.25) is 5.91 Å². The highest BCUT2D eigenvalue weighted by Crippen LogP contribution is 2.31. The second-order valence-electron chi connectivity index (χ2n) is 6.41. The summed E-state index contributed by atoms with van der Waals surface area (Å²) in [6.45, 7) is 2.20. The Labute approximate surface area is 158 Å². The van der Waals surface area contributed by atoms with Crippen LogP contribution in [0.3, 0.4) is 0 Å². The molecule has 1 fully saturated rings. The minimum atomic E-state index is -0.210. The Bertz CT molecular complexity index is 756. The Morgan fingerprint density at radius 1 is 1.50 bits per heavy atom. The van der Waals surface area contributed by atoms with Crippen LogP contribution in [0.1, 0.15) is 12.0 Å². The van der Waals surface area contributed by atoms with E-state index in [0.29, 0.717) is 24.7 Å². The maximum absolute atomic E-state index is 12.3. The van der Waals surface area contributed by atoms with E-state index in [9.17, 15) is 4.79 Å². The first-order chi connectivity index (χ1) is 12.6. The van der Waals surface area contributed by atoms with Gasteiger partial charge in [0.1, 0.15) is 5.71 Å². The first kappa shape index (κ1) is 18.7. The number of benzene rings is 1. The predicted octanol–water partition coefficient (Wildman–Crippen LogP) is 1.83. The van der Waals surface area contributed by atoms with Gasteiger partial charge < -0.3 is 14.5 Å². The minimum Gasteiger partial charge on any atom is -0.383 e. The molecular formula is C19H22ClN3O3. The molecule has 2 aliphatic heterocycles. The van der Waals surface area contributed by atoms with Crippen LogP contribution < -0.4 is 0 Å². The number of oxime groups is 1. The lowest BCUT2D eigenvalue weighted by molar-refractivity contribution is -0.134. The van der Waals surface area contributed by atoms with Crippen molar-refractivity contribution < 1.29 is 14.4 Å². The Morgan fingerprint density at radius 2 is 2.35 bits per heavy atom. The highest BCUT2D eigenvalue weighted by molar-refractivity contribution is 6.30. The summed E-state index contributed by atoms with van der Waals surface area (Å²) in [6.07, 6.45) is 0.668. The second kappa shape index (κ2) is 8.54. The van der Waals surface area contributed by atoms with Crippen LogP contribution in [0, 0.1) is 17.8 Å². The van der Waals surface area contributed by atoms with Crippen LogP contribution in [-0.2, 0) is 14.4 Å². The molecule has 0 saturated carbocycles. The fraction of sp³-hybridized carbons (Fsp3) is 0.474. The van der Waals surface area contributed by atoms with E-state index in [2.05, 4.69) is 17.0 Å². The fourth-order valence-electron chi connectivity index (χ4n) is 3.05. The monoisotopic (exact) mass is 375 g/mol. The number of halogens is 1. The Morgan fingerprint density at radius 3 is 3.12 bits per heavy atom. The van der Waals surface area contributed by atoms with Gasteiger partial charge in [0.15, 0.2) is 6.23 Å². The Balaban J connectivity index is 1.58. The molecule has 3 rings (SSSR count). The predicted molar refractivity (Wildman–Crippen MR) is 99.8 cm³/mol. The summed E-state index contributed by atoms with van der Waals surface area (Å²) in [6, 6.07) is 7.40. The zero-order valence-corrected chi connectivity index (χ0v) is 15.7. The van der Waals surface area contributed by atoms with Crippen molar-refractivity contribution in [3.05, 3.63) is 34.9 Å². The first-order valence-electron chi connectivity index (χ1n) is 8.56. The maximum Gasteiger partial charge on any atom is 0.236 e. The van der Waals surface area contributed by atoms with Crippen LogP contribution in [0.25, 0.3) is 0 Å². The molecule has 1 amide bonds. The Kier molecular flexibility index (Phi) is 6.15. The number of hydrogen-bond donors (Lipinski definition) is 0. The average molecular weight is 376 g/mol. The summed E-state index contributed by atoms with van der Waals surface area (Å²) in [7, 11) is 3.40. The maximum atomic E-state index is 12.3. The van der Waals surface area contributed by atoms with E-state index in [-0.39, 0.29) is 18.1 Å². The lowest BCUT2D eigenvalue weighted by atomic mass is 10.0. The number of likely N-dealkylation sites (tertiary alicyclic amines) is 1. The van der Waals surface area contributed by atoms with Crippen LogP contribution in [0.4, 0.5) is 0 Å². The average Bonchev–Trinajstić information content (AvgIpc) is 3.21. The highest BCUT2D eigenvalue weighted by Gasteiger charge is 2.43. The molecular weight excluding hydrogens is 354 g/mol. The number of carbonyl (C=O) groups is 1. The smallest absolute Gasteiger partial charge is 0.236 e. The van der Waals surface area contributed by atoms with Crippen molar-refractivity contribution in [1.29, 1.82) is 0 Å². The number of ether oxygens (including phenoxy) is 1. The van der Waals surface area contributed by atoms with E-state index in [4.69, 9.17) is 21.2 Å². The molecule has 26 heavy (non-hydrogen) atoms. The number of amides is 1. The molecule has 0 radical (unpaired) electrons. The van der Waals surface area contributed by atoms with Gasteiger partial charge in [0, 0.05) is 37.8 Å². The summed E-state index contributed by atoms with van der Waals surface area (Å²) in [5, 5.41) is 4.79. The van der Waals surface area contributed by atoms with E-state index in [1.54, 1.807) is 19.1 Å². The molecule has 0 aromatic heterocycles. The number of fused-ring (bicyclic) bond motifs is 1. The standard InChI is InChI=1S/C19H22ClN3O3/c1-22(10-11-25-2)18(24)13-23-9-8-16-17(21-26-19(16)23)7-6-14-4-3-5-15(20)12-14/h3-5,12,16,19H,8-11,13H2,1-2H3. The number of carbonyl (C=O) groups excluding carboxylic acids is 1. The zero-order chi connectivity index (χ0) is 18.5. The van der Waals surface area contributed by atoms with Crippen molar-refractivity contribution in [1.82, 2.24) is 9.80 Å². The summed E-state index contributed by atoms with van der Waals surface area (Å²) < 4.78 is 5.01. The van der Waals surface area contributed by atoms with Crippen LogP contribution in [0.15, 0.2) is 29.4 Å². The van der Waals surface area contributed by atoms with Gasteiger partial charge >= 0.3 is 0 Å². The van der Waals surface area contributed by atoms with Crippen molar-refractivity contribution in [3.63, 3.8) is 0 Å². The van der Waals surface area contributed by atoms with E-state index >= 15 is 0 Å². The van der Waals surface area contributed by atoms with Crippen molar-refractivity contribution in [2.24, 2.45) is 11.1 Å². The van der Waals surface area contributed by atoms with Gasteiger partial charge in [0.05, 0.1) is 19.1 Å². The van der Waals surface area contributed by atoms with Gasteiger partial charge in [-0.05, 0) is 30.5 Å². The van der Waals surface area contributed by atoms with Crippen LogP contribution in [0.2, 0.25) is 5.02 Å². The summed E-state index contributed by atoms with van der Waals surface area (Å²) >= 11 is 5.98. The van der Waals surface area contributed by atoms with Gasteiger partial charge in [-0.1, -0.05) is 28.7 Å². The third-order valence-corrected chi connectivity index (χ3v) is 4.83. The molecule has 1 aromatic rings. The number of likely N-dealkylation sites (N-methyl/N-ethyl adjacent to an activating group) is 1. The summed E-state index contributed by atoms with van der Waals surface area (Å²) in [5.74, 6) is 6.34. The zero-order valence-electron chi connectivity index (χ0n) is 14.9. The lowest BCUT2D eigenvalue weighted by Crippen LogP contribution is -2.42.